The van der Waals surface area contributed by atoms with Crippen LogP contribution in [0.3, 0.4) is 0 Å². The zero-order chi connectivity index (χ0) is 24.3. The van der Waals surface area contributed by atoms with Gasteiger partial charge in [-0.15, -0.1) is 0 Å². The molecule has 2 N–H and O–H groups in total. The van der Waals surface area contributed by atoms with E-state index in [-0.39, 0.29) is 11.3 Å². The van der Waals surface area contributed by atoms with E-state index in [0.29, 0.717) is 17.7 Å². The minimum atomic E-state index is -1.33. The van der Waals surface area contributed by atoms with Gasteiger partial charge >= 0.3 is 17.9 Å². The molecule has 0 unspecified atom stereocenters. The molecule has 0 spiro atoms. The molecule has 0 bridgehead atoms. The van der Waals surface area contributed by atoms with Crippen molar-refractivity contribution < 1.29 is 28.6 Å². The fourth-order valence-electron chi connectivity index (χ4n) is 3.64. The van der Waals surface area contributed by atoms with Crippen molar-refractivity contribution in [2.45, 2.75) is 90.8 Å². The van der Waals surface area contributed by atoms with Gasteiger partial charge in [0, 0.05) is 13.8 Å². The van der Waals surface area contributed by atoms with Crippen LogP contribution in [0.2, 0.25) is 0 Å². The minimum absolute atomic E-state index is 0.0641. The highest BCUT2D eigenvalue weighted by molar-refractivity contribution is 6.20. The Morgan fingerprint density at radius 1 is 0.818 bits per heavy atom. The lowest BCUT2D eigenvalue weighted by atomic mass is 10.0. The summed E-state index contributed by atoms with van der Waals surface area (Å²) < 4.78 is 15.5. The lowest BCUT2D eigenvalue weighted by Crippen LogP contribution is -2.42. The van der Waals surface area contributed by atoms with Crippen LogP contribution in [0.1, 0.15) is 101 Å². The van der Waals surface area contributed by atoms with Gasteiger partial charge in [-0.25, -0.2) is 14.4 Å². The Balaban J connectivity index is 1.74. The molecule has 1 saturated heterocycles. The predicted octanol–water partition coefficient (Wildman–Crippen LogP) is 5.27. The Kier molecular flexibility index (Phi) is 10.4. The molecule has 1 fully saturated rings. The highest BCUT2D eigenvalue weighted by atomic mass is 16.7. The molecule has 0 aliphatic carbocycles. The van der Waals surface area contributed by atoms with Gasteiger partial charge in [0.25, 0.3) is 5.79 Å². The van der Waals surface area contributed by atoms with E-state index in [2.05, 4.69) is 6.92 Å². The number of rotatable bonds is 13. The number of esters is 3. The molecule has 7 heteroatoms. The quantitative estimate of drug-likeness (QED) is 0.185. The molecule has 2 rings (SSSR count). The molecule has 1 aromatic carbocycles. The van der Waals surface area contributed by atoms with Crippen molar-refractivity contribution in [2.24, 2.45) is 5.73 Å². The molecule has 1 aromatic rings. The second kappa shape index (κ2) is 13.0. The van der Waals surface area contributed by atoms with Crippen LogP contribution < -0.4 is 5.73 Å². The monoisotopic (exact) mass is 459 g/mol. The van der Waals surface area contributed by atoms with E-state index in [4.69, 9.17) is 19.9 Å². The van der Waals surface area contributed by atoms with Crippen molar-refractivity contribution in [3.05, 3.63) is 41.0 Å². The molecule has 0 atom stereocenters. The van der Waals surface area contributed by atoms with Crippen LogP contribution in [0.5, 0.6) is 0 Å². The van der Waals surface area contributed by atoms with Crippen LogP contribution in [-0.4, -0.2) is 30.3 Å². The van der Waals surface area contributed by atoms with Crippen LogP contribution in [0.4, 0.5) is 0 Å². The molecule has 0 amide bonds. The van der Waals surface area contributed by atoms with E-state index in [1.807, 2.05) is 0 Å². The highest BCUT2D eigenvalue weighted by Crippen LogP contribution is 2.26. The van der Waals surface area contributed by atoms with Gasteiger partial charge in [-0.1, -0.05) is 76.8 Å². The third kappa shape index (κ3) is 8.56. The van der Waals surface area contributed by atoms with Crippen molar-refractivity contribution in [1.29, 1.82) is 0 Å². The molecule has 0 saturated carbocycles. The first kappa shape index (κ1) is 26.4. The standard InChI is InChI=1S/C26H37NO6/c1-4-5-6-7-8-9-10-11-12-13-18-31-23(28)20-16-14-19(15-17-20)22(27)21-24(29)32-26(2,3)33-25(21)30/h14-17H,4-13,18,27H2,1-3H3. The average Bonchev–Trinajstić information content (AvgIpc) is 2.76. The Labute approximate surface area is 196 Å². The summed E-state index contributed by atoms with van der Waals surface area (Å²) in [6.07, 6.45) is 12.2. The average molecular weight is 460 g/mol. The minimum Gasteiger partial charge on any atom is -0.462 e. The number of hydrogen-bond acceptors (Lipinski definition) is 7. The molecule has 0 radical (unpaired) electrons. The number of hydrogen-bond donors (Lipinski definition) is 1. The fourth-order valence-corrected chi connectivity index (χ4v) is 3.64. The first-order chi connectivity index (χ1) is 15.7. The molecule has 182 valence electrons. The number of benzene rings is 1. The van der Waals surface area contributed by atoms with E-state index < -0.39 is 23.7 Å². The highest BCUT2D eigenvalue weighted by Gasteiger charge is 2.40. The first-order valence-electron chi connectivity index (χ1n) is 12.0. The smallest absolute Gasteiger partial charge is 0.351 e. The van der Waals surface area contributed by atoms with E-state index in [1.54, 1.807) is 24.3 Å². The molecule has 33 heavy (non-hydrogen) atoms. The second-order valence-electron chi connectivity index (χ2n) is 8.86. The number of ether oxygens (including phenoxy) is 3. The van der Waals surface area contributed by atoms with Gasteiger partial charge in [-0.3, -0.25) is 0 Å². The molecular formula is C26H37NO6. The van der Waals surface area contributed by atoms with E-state index in [9.17, 15) is 14.4 Å². The predicted molar refractivity (Wildman–Crippen MR) is 126 cm³/mol. The van der Waals surface area contributed by atoms with Crippen molar-refractivity contribution in [3.63, 3.8) is 0 Å². The van der Waals surface area contributed by atoms with Gasteiger partial charge in [0.15, 0.2) is 5.57 Å². The molecule has 0 aromatic heterocycles. The number of nitrogens with two attached hydrogens (primary N) is 1. The Morgan fingerprint density at radius 2 is 1.27 bits per heavy atom. The summed E-state index contributed by atoms with van der Waals surface area (Å²) in [7, 11) is 0. The lowest BCUT2D eigenvalue weighted by molar-refractivity contribution is -0.222. The maximum atomic E-state index is 12.2. The Hall–Kier alpha value is -2.83. The van der Waals surface area contributed by atoms with Crippen molar-refractivity contribution >= 4 is 23.6 Å². The molecule has 1 heterocycles. The van der Waals surface area contributed by atoms with Crippen LogP contribution in [0.25, 0.3) is 5.70 Å². The van der Waals surface area contributed by atoms with Gasteiger partial charge in [0.05, 0.1) is 17.9 Å². The van der Waals surface area contributed by atoms with Gasteiger partial charge in [0.2, 0.25) is 0 Å². The van der Waals surface area contributed by atoms with Gasteiger partial charge in [0.1, 0.15) is 0 Å². The van der Waals surface area contributed by atoms with Gasteiger partial charge < -0.3 is 19.9 Å². The summed E-state index contributed by atoms with van der Waals surface area (Å²) in [5, 5.41) is 0. The summed E-state index contributed by atoms with van der Waals surface area (Å²) in [6.45, 7) is 5.54. The summed E-state index contributed by atoms with van der Waals surface area (Å²) >= 11 is 0. The molecule has 1 aliphatic heterocycles. The molecule has 7 nitrogen and oxygen atoms in total. The van der Waals surface area contributed by atoms with Crippen molar-refractivity contribution in [1.82, 2.24) is 0 Å². The summed E-state index contributed by atoms with van der Waals surface area (Å²) in [4.78, 5) is 36.6. The van der Waals surface area contributed by atoms with Crippen molar-refractivity contribution in [3.8, 4) is 0 Å². The summed E-state index contributed by atoms with van der Waals surface area (Å²) in [5.41, 5.74) is 6.37. The van der Waals surface area contributed by atoms with Crippen LogP contribution in [-0.2, 0) is 23.8 Å². The SMILES string of the molecule is CCCCCCCCCCCCOC(=O)c1ccc(C(N)=C2C(=O)OC(C)(C)OC2=O)cc1. The number of carbonyl (C=O) groups excluding carboxylic acids is 3. The normalized spacial score (nSPS) is 15.1. The lowest BCUT2D eigenvalue weighted by Gasteiger charge is -2.30. The fraction of sp³-hybridized carbons (Fsp3) is 0.577. The molecular weight excluding hydrogens is 422 g/mol. The maximum absolute atomic E-state index is 12.2. The summed E-state index contributed by atoms with van der Waals surface area (Å²) in [5.74, 6) is -3.43. The van der Waals surface area contributed by atoms with Crippen LogP contribution >= 0.6 is 0 Å². The van der Waals surface area contributed by atoms with E-state index >= 15 is 0 Å². The van der Waals surface area contributed by atoms with E-state index in [0.717, 1.165) is 19.3 Å². The van der Waals surface area contributed by atoms with Gasteiger partial charge in [-0.05, 0) is 24.1 Å². The second-order valence-corrected chi connectivity index (χ2v) is 8.86. The zero-order valence-corrected chi connectivity index (χ0v) is 20.1. The maximum Gasteiger partial charge on any atom is 0.351 e. The first-order valence-corrected chi connectivity index (χ1v) is 12.0. The number of unbranched alkanes of at least 4 members (excludes halogenated alkanes) is 9. The topological polar surface area (TPSA) is 105 Å². The van der Waals surface area contributed by atoms with Crippen LogP contribution in [0.15, 0.2) is 29.8 Å². The Bertz CT molecular complexity index is 819. The number of cyclic esters (lactones) is 2. The number of carbonyl (C=O) groups is 3. The van der Waals surface area contributed by atoms with E-state index in [1.165, 1.54) is 58.8 Å². The van der Waals surface area contributed by atoms with Gasteiger partial charge in [-0.2, -0.15) is 0 Å². The van der Waals surface area contributed by atoms with Crippen molar-refractivity contribution in [2.75, 3.05) is 6.61 Å². The van der Waals surface area contributed by atoms with Crippen LogP contribution in [0, 0.1) is 0 Å². The third-order valence-corrected chi connectivity index (χ3v) is 5.52. The third-order valence-electron chi connectivity index (χ3n) is 5.52. The summed E-state index contributed by atoms with van der Waals surface area (Å²) in [6, 6.07) is 6.21. The Morgan fingerprint density at radius 3 is 1.79 bits per heavy atom. The largest absolute Gasteiger partial charge is 0.462 e. The molecule has 1 aliphatic rings. The zero-order valence-electron chi connectivity index (χ0n) is 20.1.